The molecule has 0 aliphatic heterocycles. The third kappa shape index (κ3) is 9.48. The van der Waals surface area contributed by atoms with Crippen LogP contribution in [-0.2, 0) is 21.1 Å². The van der Waals surface area contributed by atoms with E-state index in [9.17, 15) is 18.4 Å². The summed E-state index contributed by atoms with van der Waals surface area (Å²) in [5.41, 5.74) is 0.923. The number of ether oxygens (including phenoxy) is 1. The minimum absolute atomic E-state index is 0.0949. The molecule has 1 aromatic heterocycles. The van der Waals surface area contributed by atoms with E-state index in [1.807, 2.05) is 25.1 Å². The van der Waals surface area contributed by atoms with E-state index in [2.05, 4.69) is 70.3 Å². The van der Waals surface area contributed by atoms with Crippen molar-refractivity contribution in [1.29, 1.82) is 0 Å². The summed E-state index contributed by atoms with van der Waals surface area (Å²) < 4.78 is 40.1. The van der Waals surface area contributed by atoms with Gasteiger partial charge in [0, 0.05) is 36.6 Å². The first-order chi connectivity index (χ1) is 20.6. The van der Waals surface area contributed by atoms with Crippen LogP contribution in [0, 0.1) is 17.3 Å². The molecule has 2 atom stereocenters. The van der Waals surface area contributed by atoms with Crippen LogP contribution in [0.2, 0.25) is 23.2 Å². The summed E-state index contributed by atoms with van der Waals surface area (Å²) in [6.45, 7) is 19.2. The molecule has 1 saturated carbocycles. The fourth-order valence-corrected chi connectivity index (χ4v) is 6.64. The Hall–Kier alpha value is -2.56. The number of esters is 1. The van der Waals surface area contributed by atoms with Crippen molar-refractivity contribution in [3.05, 3.63) is 58.2 Å². The van der Waals surface area contributed by atoms with Crippen LogP contribution >= 0.6 is 11.6 Å². The SMILES string of the molecule is COC(=O)c1ccc(NC(=O)N[C@@](C)(c2ccc(CCC(C)(C)C)c(Cl)c2)C(CO[Si](C)(C)C(C)(C)C)C2CC(F)(F)C2)nc1. The van der Waals surface area contributed by atoms with Crippen molar-refractivity contribution in [2.75, 3.05) is 19.0 Å². The molecule has 1 fully saturated rings. The summed E-state index contributed by atoms with van der Waals surface area (Å²) in [5, 5.41) is 6.31. The molecule has 2 N–H and O–H groups in total. The number of anilines is 1. The second kappa shape index (κ2) is 13.7. The van der Waals surface area contributed by atoms with Crippen LogP contribution in [0.4, 0.5) is 19.4 Å². The average Bonchev–Trinajstić information content (AvgIpc) is 2.90. The number of halogens is 3. The Kier molecular flexibility index (Phi) is 11.2. The lowest BCUT2D eigenvalue weighted by Crippen LogP contribution is -2.58. The van der Waals surface area contributed by atoms with Crippen LogP contribution < -0.4 is 10.6 Å². The Balaban J connectivity index is 2.02. The van der Waals surface area contributed by atoms with Crippen LogP contribution in [0.5, 0.6) is 0 Å². The van der Waals surface area contributed by atoms with Crippen LogP contribution in [-0.4, -0.2) is 44.9 Å². The molecule has 1 heterocycles. The van der Waals surface area contributed by atoms with Gasteiger partial charge in [0.2, 0.25) is 5.92 Å². The van der Waals surface area contributed by atoms with Gasteiger partial charge >= 0.3 is 12.0 Å². The molecule has 2 aromatic rings. The number of alkyl halides is 2. The first-order valence-electron chi connectivity index (χ1n) is 15.5. The molecule has 0 saturated heterocycles. The monoisotopic (exact) mass is 665 g/mol. The van der Waals surface area contributed by atoms with Crippen molar-refractivity contribution in [2.45, 2.75) is 104 Å². The molecule has 45 heavy (non-hydrogen) atoms. The van der Waals surface area contributed by atoms with Gasteiger partial charge in [-0.3, -0.25) is 5.32 Å². The van der Waals surface area contributed by atoms with Gasteiger partial charge in [-0.15, -0.1) is 0 Å². The molecular formula is C34H50ClF2N3O4Si. The van der Waals surface area contributed by atoms with Crippen molar-refractivity contribution < 1.29 is 27.5 Å². The maximum absolute atomic E-state index is 14.4. The van der Waals surface area contributed by atoms with Gasteiger partial charge < -0.3 is 14.5 Å². The van der Waals surface area contributed by atoms with Gasteiger partial charge in [-0.2, -0.15) is 0 Å². The van der Waals surface area contributed by atoms with Gasteiger partial charge in [0.1, 0.15) is 5.82 Å². The maximum Gasteiger partial charge on any atom is 0.339 e. The molecule has 2 amide bonds. The molecule has 1 aliphatic rings. The fourth-order valence-electron chi connectivity index (χ4n) is 5.33. The summed E-state index contributed by atoms with van der Waals surface area (Å²) >= 11 is 6.85. The standard InChI is InChI=1S/C34H50ClF2N3O4Si/c1-31(2,3)16-15-22-11-13-25(17-27(22)35)33(7,40-30(42)39-28-14-12-23(20-38-28)29(41)43-8)26(24-18-34(36,37)19-24)21-44-45(9,10)32(4,5)6/h11-14,17,20,24,26H,15-16,18-19,21H2,1-10H3,(H2,38,39,40,42)/t26?,33-/m0/s1. The molecule has 0 radical (unpaired) electrons. The number of aryl methyl sites for hydroxylation is 1. The zero-order valence-electron chi connectivity index (χ0n) is 28.4. The molecule has 0 spiro atoms. The van der Waals surface area contributed by atoms with Crippen molar-refractivity contribution >= 4 is 37.7 Å². The first-order valence-corrected chi connectivity index (χ1v) is 18.8. The average molecular weight is 666 g/mol. The molecule has 0 bridgehead atoms. The number of methoxy groups -OCH3 is 1. The topological polar surface area (TPSA) is 89.5 Å². The van der Waals surface area contributed by atoms with Gasteiger partial charge in [0.05, 0.1) is 18.2 Å². The van der Waals surface area contributed by atoms with E-state index < -0.39 is 43.6 Å². The lowest BCUT2D eigenvalue weighted by molar-refractivity contribution is -0.140. The van der Waals surface area contributed by atoms with Crippen molar-refractivity contribution in [3.63, 3.8) is 0 Å². The third-order valence-electron chi connectivity index (χ3n) is 9.46. The smallest absolute Gasteiger partial charge is 0.339 e. The van der Waals surface area contributed by atoms with E-state index in [4.69, 9.17) is 20.8 Å². The molecule has 1 unspecified atom stereocenters. The molecule has 7 nitrogen and oxygen atoms in total. The lowest BCUT2D eigenvalue weighted by Gasteiger charge is -2.50. The summed E-state index contributed by atoms with van der Waals surface area (Å²) in [6.07, 6.45) is 2.46. The number of nitrogens with zero attached hydrogens (tertiary/aromatic N) is 1. The van der Waals surface area contributed by atoms with E-state index in [-0.39, 0.29) is 41.3 Å². The number of carbonyl (C=O) groups excluding carboxylic acids is 2. The first kappa shape index (κ1) is 36.9. The van der Waals surface area contributed by atoms with Crippen molar-refractivity contribution in [2.24, 2.45) is 17.3 Å². The summed E-state index contributed by atoms with van der Waals surface area (Å²) in [5.74, 6) is -3.98. The van der Waals surface area contributed by atoms with Gasteiger partial charge in [0.25, 0.3) is 0 Å². The number of rotatable bonds is 11. The van der Waals surface area contributed by atoms with E-state index in [1.165, 1.54) is 25.4 Å². The second-order valence-corrected chi connectivity index (χ2v) is 20.5. The van der Waals surface area contributed by atoms with E-state index in [0.717, 1.165) is 18.4 Å². The quantitative estimate of drug-likeness (QED) is 0.184. The third-order valence-corrected chi connectivity index (χ3v) is 14.3. The highest BCUT2D eigenvalue weighted by atomic mass is 35.5. The van der Waals surface area contributed by atoms with Gasteiger partial charge in [-0.25, -0.2) is 23.4 Å². The summed E-state index contributed by atoms with van der Waals surface area (Å²) in [7, 11) is -1.00. The number of amides is 2. The lowest BCUT2D eigenvalue weighted by atomic mass is 9.64. The van der Waals surface area contributed by atoms with Crippen molar-refractivity contribution in [3.8, 4) is 0 Å². The number of benzene rings is 1. The van der Waals surface area contributed by atoms with Gasteiger partial charge in [-0.1, -0.05) is 65.3 Å². The Labute approximate surface area is 273 Å². The molecule has 250 valence electrons. The predicted molar refractivity (Wildman–Crippen MR) is 179 cm³/mol. The van der Waals surface area contributed by atoms with E-state index in [0.29, 0.717) is 10.6 Å². The van der Waals surface area contributed by atoms with Crippen LogP contribution in [0.3, 0.4) is 0 Å². The molecule has 3 rings (SSSR count). The number of nitrogens with one attached hydrogen (secondary N) is 2. The number of hydrogen-bond donors (Lipinski definition) is 2. The highest BCUT2D eigenvalue weighted by Gasteiger charge is 2.54. The van der Waals surface area contributed by atoms with Crippen LogP contribution in [0.25, 0.3) is 0 Å². The van der Waals surface area contributed by atoms with Crippen molar-refractivity contribution in [1.82, 2.24) is 10.3 Å². The zero-order valence-corrected chi connectivity index (χ0v) is 30.1. The van der Waals surface area contributed by atoms with Gasteiger partial charge in [-0.05, 0) is 78.6 Å². The maximum atomic E-state index is 14.4. The van der Waals surface area contributed by atoms with Gasteiger partial charge in [0.15, 0.2) is 8.32 Å². The minimum Gasteiger partial charge on any atom is -0.465 e. The molecule has 1 aliphatic carbocycles. The normalized spacial score (nSPS) is 17.5. The number of aromatic nitrogens is 1. The van der Waals surface area contributed by atoms with Crippen LogP contribution in [0.1, 0.15) is 89.2 Å². The van der Waals surface area contributed by atoms with E-state index in [1.54, 1.807) is 0 Å². The Bertz CT molecular complexity index is 1350. The Morgan fingerprint density at radius 1 is 1.09 bits per heavy atom. The second-order valence-electron chi connectivity index (χ2n) is 15.3. The number of carbonyl (C=O) groups is 2. The molecule has 11 heteroatoms. The number of urea groups is 1. The molecular weight excluding hydrogens is 616 g/mol. The zero-order chi connectivity index (χ0) is 34.0. The summed E-state index contributed by atoms with van der Waals surface area (Å²) in [6, 6.07) is 8.16. The Morgan fingerprint density at radius 3 is 2.22 bits per heavy atom. The largest absolute Gasteiger partial charge is 0.465 e. The van der Waals surface area contributed by atoms with E-state index >= 15 is 0 Å². The Morgan fingerprint density at radius 2 is 1.73 bits per heavy atom. The number of hydrogen-bond acceptors (Lipinski definition) is 5. The fraction of sp³-hybridized carbons (Fsp3) is 0.618. The predicted octanol–water partition coefficient (Wildman–Crippen LogP) is 9.22. The number of pyridine rings is 1. The van der Waals surface area contributed by atoms with Crippen LogP contribution in [0.15, 0.2) is 36.5 Å². The molecule has 1 aromatic carbocycles. The minimum atomic E-state index is -2.76. The summed E-state index contributed by atoms with van der Waals surface area (Å²) in [4.78, 5) is 29.6. The highest BCUT2D eigenvalue weighted by Crippen LogP contribution is 2.52. The highest BCUT2D eigenvalue weighted by molar-refractivity contribution is 6.74.